The number of hydrogen-bond acceptors (Lipinski definition) is 3. The SMILES string of the molecule is CC1(C)C(NS(=O)(=O)c2cc(N)c(Br)cc2F)C1(C)C. The smallest absolute Gasteiger partial charge is 0.243 e. The molecule has 3 N–H and O–H groups in total. The van der Waals surface area contributed by atoms with Crippen molar-refractivity contribution in [2.75, 3.05) is 5.73 Å². The van der Waals surface area contributed by atoms with Gasteiger partial charge in [-0.3, -0.25) is 0 Å². The summed E-state index contributed by atoms with van der Waals surface area (Å²) < 4.78 is 41.4. The van der Waals surface area contributed by atoms with E-state index in [2.05, 4.69) is 20.7 Å². The Morgan fingerprint density at radius 3 is 2.20 bits per heavy atom. The van der Waals surface area contributed by atoms with E-state index in [-0.39, 0.29) is 22.6 Å². The van der Waals surface area contributed by atoms with Crippen LogP contribution in [0.5, 0.6) is 0 Å². The first-order chi connectivity index (χ1) is 8.91. The summed E-state index contributed by atoms with van der Waals surface area (Å²) in [6, 6.07) is 1.96. The van der Waals surface area contributed by atoms with Crippen LogP contribution in [0.1, 0.15) is 27.7 Å². The van der Waals surface area contributed by atoms with E-state index in [1.54, 1.807) is 0 Å². The fourth-order valence-electron chi connectivity index (χ4n) is 2.46. The van der Waals surface area contributed by atoms with Crippen molar-refractivity contribution in [1.29, 1.82) is 0 Å². The van der Waals surface area contributed by atoms with E-state index in [4.69, 9.17) is 5.73 Å². The van der Waals surface area contributed by atoms with Crippen molar-refractivity contribution in [2.45, 2.75) is 38.6 Å². The second-order valence-electron chi connectivity index (χ2n) is 6.30. The molecule has 1 aliphatic rings. The molecule has 4 nitrogen and oxygen atoms in total. The molecule has 0 aliphatic heterocycles. The number of benzene rings is 1. The first-order valence-electron chi connectivity index (χ1n) is 6.18. The predicted molar refractivity (Wildman–Crippen MR) is 80.2 cm³/mol. The highest BCUT2D eigenvalue weighted by Crippen LogP contribution is 2.63. The van der Waals surface area contributed by atoms with Crippen molar-refractivity contribution in [3.63, 3.8) is 0 Å². The fourth-order valence-corrected chi connectivity index (χ4v) is 4.40. The van der Waals surface area contributed by atoms with Crippen LogP contribution in [-0.4, -0.2) is 14.5 Å². The zero-order chi connectivity index (χ0) is 15.5. The van der Waals surface area contributed by atoms with Gasteiger partial charge in [-0.15, -0.1) is 0 Å². The number of anilines is 1. The number of rotatable bonds is 3. The molecule has 0 atom stereocenters. The maximum absolute atomic E-state index is 13.9. The van der Waals surface area contributed by atoms with Crippen LogP contribution in [0.2, 0.25) is 0 Å². The molecule has 1 aromatic rings. The van der Waals surface area contributed by atoms with Gasteiger partial charge in [-0.25, -0.2) is 17.5 Å². The Kier molecular flexibility index (Phi) is 3.47. The first-order valence-corrected chi connectivity index (χ1v) is 8.46. The van der Waals surface area contributed by atoms with Crippen molar-refractivity contribution < 1.29 is 12.8 Å². The molecule has 0 radical (unpaired) electrons. The van der Waals surface area contributed by atoms with Crippen LogP contribution in [0.25, 0.3) is 0 Å². The van der Waals surface area contributed by atoms with Crippen LogP contribution >= 0.6 is 15.9 Å². The van der Waals surface area contributed by atoms with Gasteiger partial charge in [0.1, 0.15) is 10.7 Å². The summed E-state index contributed by atoms with van der Waals surface area (Å²) in [6.07, 6.45) is 0. The molecular formula is C13H18BrFN2O2S. The lowest BCUT2D eigenvalue weighted by atomic mass is 10.0. The maximum Gasteiger partial charge on any atom is 0.243 e. The van der Waals surface area contributed by atoms with E-state index in [0.29, 0.717) is 4.47 Å². The van der Waals surface area contributed by atoms with Crippen LogP contribution < -0.4 is 10.5 Å². The van der Waals surface area contributed by atoms with E-state index < -0.39 is 20.7 Å². The lowest BCUT2D eigenvalue weighted by Crippen LogP contribution is -2.30. The Bertz CT molecular complexity index is 657. The lowest BCUT2D eigenvalue weighted by molar-refractivity contribution is 0.457. The van der Waals surface area contributed by atoms with Gasteiger partial charge < -0.3 is 5.73 Å². The van der Waals surface area contributed by atoms with Gasteiger partial charge in [-0.1, -0.05) is 27.7 Å². The van der Waals surface area contributed by atoms with Crippen LogP contribution in [0.3, 0.4) is 0 Å². The lowest BCUT2D eigenvalue weighted by Gasteiger charge is -2.10. The molecule has 0 spiro atoms. The van der Waals surface area contributed by atoms with Gasteiger partial charge in [0.2, 0.25) is 10.0 Å². The largest absolute Gasteiger partial charge is 0.398 e. The molecule has 7 heteroatoms. The monoisotopic (exact) mass is 364 g/mol. The number of hydrogen-bond donors (Lipinski definition) is 2. The fraction of sp³-hybridized carbons (Fsp3) is 0.538. The topological polar surface area (TPSA) is 72.2 Å². The summed E-state index contributed by atoms with van der Waals surface area (Å²) in [4.78, 5) is -0.420. The summed E-state index contributed by atoms with van der Waals surface area (Å²) in [6.45, 7) is 7.91. The second kappa shape index (κ2) is 4.42. The molecule has 0 bridgehead atoms. The van der Waals surface area contributed by atoms with E-state index in [0.717, 1.165) is 12.1 Å². The van der Waals surface area contributed by atoms with Crippen molar-refractivity contribution in [3.8, 4) is 0 Å². The minimum atomic E-state index is -3.93. The highest BCUT2D eigenvalue weighted by molar-refractivity contribution is 9.10. The Balaban J connectivity index is 2.36. The van der Waals surface area contributed by atoms with Crippen LogP contribution in [-0.2, 0) is 10.0 Å². The van der Waals surface area contributed by atoms with E-state index in [1.807, 2.05) is 27.7 Å². The average molecular weight is 365 g/mol. The van der Waals surface area contributed by atoms with E-state index in [1.165, 1.54) is 0 Å². The van der Waals surface area contributed by atoms with E-state index in [9.17, 15) is 12.8 Å². The molecule has 0 saturated heterocycles. The van der Waals surface area contributed by atoms with Crippen molar-refractivity contribution in [3.05, 3.63) is 22.4 Å². The van der Waals surface area contributed by atoms with Crippen LogP contribution in [0.4, 0.5) is 10.1 Å². The van der Waals surface area contributed by atoms with Crippen molar-refractivity contribution >= 4 is 31.6 Å². The van der Waals surface area contributed by atoms with Crippen LogP contribution in [0.15, 0.2) is 21.5 Å². The summed E-state index contributed by atoms with van der Waals surface area (Å²) in [5, 5.41) is 0. The molecule has 0 amide bonds. The van der Waals surface area contributed by atoms with Gasteiger partial charge >= 0.3 is 0 Å². The minimum absolute atomic E-state index is 0.169. The van der Waals surface area contributed by atoms with Gasteiger partial charge in [-0.05, 0) is 38.9 Å². The summed E-state index contributed by atoms with van der Waals surface area (Å²) in [5.74, 6) is -0.824. The summed E-state index contributed by atoms with van der Waals surface area (Å²) in [5.41, 5.74) is 5.48. The molecule has 1 aromatic carbocycles. The third kappa shape index (κ3) is 2.25. The zero-order valence-electron chi connectivity index (χ0n) is 11.8. The molecule has 1 aliphatic carbocycles. The van der Waals surface area contributed by atoms with Crippen LogP contribution in [0, 0.1) is 16.6 Å². The predicted octanol–water partition coefficient (Wildman–Crippen LogP) is 2.88. The van der Waals surface area contributed by atoms with Crippen molar-refractivity contribution in [1.82, 2.24) is 4.72 Å². The van der Waals surface area contributed by atoms with Gasteiger partial charge in [0, 0.05) is 16.2 Å². The molecule has 0 unspecified atom stereocenters. The Morgan fingerprint density at radius 2 is 1.75 bits per heavy atom. The summed E-state index contributed by atoms with van der Waals surface area (Å²) >= 11 is 3.07. The third-order valence-corrected chi connectivity index (χ3v) is 6.76. The number of halogens is 2. The Hall–Kier alpha value is -0.660. The number of sulfonamides is 1. The second-order valence-corrected chi connectivity index (χ2v) is 8.84. The Morgan fingerprint density at radius 1 is 1.25 bits per heavy atom. The van der Waals surface area contributed by atoms with Gasteiger partial charge in [0.25, 0.3) is 0 Å². The average Bonchev–Trinajstić information content (AvgIpc) is 2.65. The summed E-state index contributed by atoms with van der Waals surface area (Å²) in [7, 11) is -3.93. The van der Waals surface area contributed by atoms with E-state index >= 15 is 0 Å². The van der Waals surface area contributed by atoms with Crippen molar-refractivity contribution in [2.24, 2.45) is 10.8 Å². The first kappa shape index (κ1) is 15.7. The molecule has 0 aromatic heterocycles. The molecule has 2 rings (SSSR count). The zero-order valence-corrected chi connectivity index (χ0v) is 14.2. The third-order valence-electron chi connectivity index (χ3n) is 4.63. The normalized spacial score (nSPS) is 20.9. The van der Waals surface area contributed by atoms with Gasteiger partial charge in [0.15, 0.2) is 0 Å². The number of nitrogens with two attached hydrogens (primary N) is 1. The number of nitrogen functional groups attached to an aromatic ring is 1. The van der Waals surface area contributed by atoms with Gasteiger partial charge in [0.05, 0.1) is 0 Å². The molecule has 1 fully saturated rings. The standard InChI is InChI=1S/C13H18BrFN2O2S/c1-12(2)11(13(12,3)4)17-20(18,19)10-6-9(16)7(14)5-8(10)15/h5-6,11,17H,16H2,1-4H3. The number of nitrogens with one attached hydrogen (secondary N) is 1. The maximum atomic E-state index is 13.9. The molecular weight excluding hydrogens is 347 g/mol. The molecule has 20 heavy (non-hydrogen) atoms. The molecule has 1 saturated carbocycles. The Labute approximate surface area is 127 Å². The van der Waals surface area contributed by atoms with Gasteiger partial charge in [-0.2, -0.15) is 0 Å². The quantitative estimate of drug-likeness (QED) is 0.809. The molecule has 112 valence electrons. The molecule has 0 heterocycles. The minimum Gasteiger partial charge on any atom is -0.398 e. The highest BCUT2D eigenvalue weighted by Gasteiger charge is 2.66. The highest BCUT2D eigenvalue weighted by atomic mass is 79.9.